The smallest absolute Gasteiger partial charge is 0.399 e. The summed E-state index contributed by atoms with van der Waals surface area (Å²) in [6.07, 6.45) is -4.42. The molecule has 0 aliphatic heterocycles. The molecule has 0 heterocycles. The minimum Gasteiger partial charge on any atom is -0.399 e. The van der Waals surface area contributed by atoms with Crippen LogP contribution in [0, 0.1) is 0 Å². The molecule has 5 nitrogen and oxygen atoms in total. The molecule has 0 atom stereocenters. The number of nitrogens with two attached hydrogens (primary N) is 1. The maximum absolute atomic E-state index is 11.8. The van der Waals surface area contributed by atoms with Crippen molar-refractivity contribution < 1.29 is 26.3 Å². The molecule has 0 bridgehead atoms. The van der Waals surface area contributed by atoms with Gasteiger partial charge in [-0.15, -0.1) is 0 Å². The van der Waals surface area contributed by atoms with Crippen molar-refractivity contribution >= 4 is 15.7 Å². The van der Waals surface area contributed by atoms with Gasteiger partial charge in [0.1, 0.15) is 6.61 Å². The van der Waals surface area contributed by atoms with Crippen LogP contribution in [0.3, 0.4) is 0 Å². The number of alkyl halides is 3. The molecule has 0 aliphatic rings. The maximum Gasteiger partial charge on any atom is 0.411 e. The van der Waals surface area contributed by atoms with Gasteiger partial charge in [0.25, 0.3) is 0 Å². The quantitative estimate of drug-likeness (QED) is 0.587. The molecule has 114 valence electrons. The van der Waals surface area contributed by atoms with Crippen LogP contribution < -0.4 is 10.5 Å². The highest BCUT2D eigenvalue weighted by Gasteiger charge is 2.27. The number of anilines is 1. The van der Waals surface area contributed by atoms with E-state index in [1.165, 1.54) is 6.07 Å². The molecular formula is C11H15F3N2O3S. The molecule has 9 heteroatoms. The highest BCUT2D eigenvalue weighted by molar-refractivity contribution is 7.88. The molecule has 1 aromatic carbocycles. The Kier molecular flexibility index (Phi) is 5.78. The van der Waals surface area contributed by atoms with Crippen molar-refractivity contribution in [2.75, 3.05) is 25.5 Å². The second kappa shape index (κ2) is 6.91. The zero-order chi connectivity index (χ0) is 15.2. The molecule has 0 fully saturated rings. The van der Waals surface area contributed by atoms with Crippen LogP contribution in [0.15, 0.2) is 24.3 Å². The number of benzene rings is 1. The molecule has 0 amide bonds. The molecule has 0 saturated heterocycles. The standard InChI is InChI=1S/C11H15F3N2O3S/c12-11(13,14)8-19-5-4-16-20(17,18)7-9-2-1-3-10(15)6-9/h1-3,6,16H,4-5,7-8,15H2. The first-order chi connectivity index (χ1) is 9.18. The lowest BCUT2D eigenvalue weighted by Gasteiger charge is -2.09. The number of halogens is 3. The number of nitrogen functional groups attached to an aromatic ring is 1. The summed E-state index contributed by atoms with van der Waals surface area (Å²) in [4.78, 5) is 0. The number of hydrogen-bond acceptors (Lipinski definition) is 4. The Balaban J connectivity index is 2.35. The lowest BCUT2D eigenvalue weighted by molar-refractivity contribution is -0.173. The predicted octanol–water partition coefficient (Wildman–Crippen LogP) is 1.27. The molecule has 0 aliphatic carbocycles. The lowest BCUT2D eigenvalue weighted by atomic mass is 10.2. The van der Waals surface area contributed by atoms with Gasteiger partial charge in [-0.1, -0.05) is 12.1 Å². The number of nitrogens with one attached hydrogen (secondary N) is 1. The fraction of sp³-hybridized carbons (Fsp3) is 0.455. The molecule has 1 rings (SSSR count). The van der Waals surface area contributed by atoms with Gasteiger partial charge in [0.2, 0.25) is 10.0 Å². The summed E-state index contributed by atoms with van der Waals surface area (Å²) in [6, 6.07) is 6.34. The summed E-state index contributed by atoms with van der Waals surface area (Å²) in [5.41, 5.74) is 6.45. The summed E-state index contributed by atoms with van der Waals surface area (Å²) >= 11 is 0. The summed E-state index contributed by atoms with van der Waals surface area (Å²) < 4.78 is 65.0. The zero-order valence-electron chi connectivity index (χ0n) is 10.5. The average Bonchev–Trinajstić information content (AvgIpc) is 2.26. The Hall–Kier alpha value is -1.32. The lowest BCUT2D eigenvalue weighted by Crippen LogP contribution is -2.30. The Morgan fingerprint density at radius 1 is 1.30 bits per heavy atom. The molecule has 0 saturated carbocycles. The van der Waals surface area contributed by atoms with Crippen LogP contribution in [0.25, 0.3) is 0 Å². The normalized spacial score (nSPS) is 12.6. The van der Waals surface area contributed by atoms with Crippen LogP contribution in [-0.4, -0.2) is 34.4 Å². The largest absolute Gasteiger partial charge is 0.411 e. The van der Waals surface area contributed by atoms with Crippen molar-refractivity contribution in [3.63, 3.8) is 0 Å². The van der Waals surface area contributed by atoms with Gasteiger partial charge < -0.3 is 10.5 Å². The summed E-state index contributed by atoms with van der Waals surface area (Å²) in [5, 5.41) is 0. The first-order valence-electron chi connectivity index (χ1n) is 5.64. The van der Waals surface area contributed by atoms with Gasteiger partial charge in [-0.25, -0.2) is 13.1 Å². The van der Waals surface area contributed by atoms with Crippen LogP contribution in [0.2, 0.25) is 0 Å². The highest BCUT2D eigenvalue weighted by Crippen LogP contribution is 2.14. The van der Waals surface area contributed by atoms with Crippen molar-refractivity contribution in [2.45, 2.75) is 11.9 Å². The SMILES string of the molecule is Nc1cccc(CS(=O)(=O)NCCOCC(F)(F)F)c1. The molecule has 20 heavy (non-hydrogen) atoms. The van der Waals surface area contributed by atoms with Gasteiger partial charge in [0.05, 0.1) is 12.4 Å². The number of ether oxygens (including phenoxy) is 1. The third kappa shape index (κ3) is 7.31. The minimum absolute atomic E-state index is 0.221. The molecule has 3 N–H and O–H groups in total. The van der Waals surface area contributed by atoms with Gasteiger partial charge in [-0.3, -0.25) is 0 Å². The second-order valence-electron chi connectivity index (χ2n) is 4.07. The Bertz CT molecular complexity index is 532. The van der Waals surface area contributed by atoms with Gasteiger partial charge >= 0.3 is 6.18 Å². The van der Waals surface area contributed by atoms with Crippen LogP contribution in [0.4, 0.5) is 18.9 Å². The fourth-order valence-corrected chi connectivity index (χ4v) is 2.53. The second-order valence-corrected chi connectivity index (χ2v) is 5.87. The van der Waals surface area contributed by atoms with E-state index in [4.69, 9.17) is 5.73 Å². The monoisotopic (exact) mass is 312 g/mol. The van der Waals surface area contributed by atoms with E-state index >= 15 is 0 Å². The third-order valence-electron chi connectivity index (χ3n) is 2.14. The highest BCUT2D eigenvalue weighted by atomic mass is 32.2. The van der Waals surface area contributed by atoms with Gasteiger partial charge in [-0.05, 0) is 17.7 Å². The molecule has 0 aromatic heterocycles. The van der Waals surface area contributed by atoms with E-state index in [1.54, 1.807) is 18.2 Å². The van der Waals surface area contributed by atoms with Crippen LogP contribution in [0.5, 0.6) is 0 Å². The maximum atomic E-state index is 11.8. The summed E-state index contributed by atoms with van der Waals surface area (Å²) in [6.45, 7) is -1.97. The fourth-order valence-electron chi connectivity index (χ4n) is 1.41. The van der Waals surface area contributed by atoms with E-state index in [9.17, 15) is 21.6 Å². The van der Waals surface area contributed by atoms with Crippen LogP contribution in [0.1, 0.15) is 5.56 Å². The molecule has 1 aromatic rings. The van der Waals surface area contributed by atoms with Crippen LogP contribution >= 0.6 is 0 Å². The van der Waals surface area contributed by atoms with E-state index in [2.05, 4.69) is 9.46 Å². The summed E-state index contributed by atoms with van der Waals surface area (Å²) in [7, 11) is -3.63. The van der Waals surface area contributed by atoms with Crippen molar-refractivity contribution in [1.29, 1.82) is 0 Å². The van der Waals surface area contributed by atoms with Crippen LogP contribution in [-0.2, 0) is 20.5 Å². The van der Waals surface area contributed by atoms with E-state index in [0.29, 0.717) is 11.3 Å². The molecule has 0 radical (unpaired) electrons. The van der Waals surface area contributed by atoms with Crippen molar-refractivity contribution in [3.05, 3.63) is 29.8 Å². The molecule has 0 spiro atoms. The van der Waals surface area contributed by atoms with Gasteiger partial charge in [-0.2, -0.15) is 13.2 Å². The van der Waals surface area contributed by atoms with Gasteiger partial charge in [0.15, 0.2) is 0 Å². The Morgan fingerprint density at radius 3 is 2.60 bits per heavy atom. The number of sulfonamides is 1. The first kappa shape index (κ1) is 16.7. The first-order valence-corrected chi connectivity index (χ1v) is 7.29. The number of rotatable bonds is 7. The van der Waals surface area contributed by atoms with E-state index in [1.807, 2.05) is 0 Å². The zero-order valence-corrected chi connectivity index (χ0v) is 11.3. The van der Waals surface area contributed by atoms with E-state index < -0.39 is 22.8 Å². The van der Waals surface area contributed by atoms with Gasteiger partial charge in [0, 0.05) is 12.2 Å². The third-order valence-corrected chi connectivity index (χ3v) is 3.50. The van der Waals surface area contributed by atoms with E-state index in [0.717, 1.165) is 0 Å². The minimum atomic E-state index is -4.42. The molecular weight excluding hydrogens is 297 g/mol. The average molecular weight is 312 g/mol. The molecule has 0 unspecified atom stereocenters. The van der Waals surface area contributed by atoms with Crippen molar-refractivity contribution in [2.24, 2.45) is 0 Å². The van der Waals surface area contributed by atoms with Crippen molar-refractivity contribution in [3.8, 4) is 0 Å². The number of hydrogen-bond donors (Lipinski definition) is 2. The van der Waals surface area contributed by atoms with E-state index in [-0.39, 0.29) is 18.9 Å². The van der Waals surface area contributed by atoms with Crippen molar-refractivity contribution in [1.82, 2.24) is 4.72 Å². The predicted molar refractivity (Wildman–Crippen MR) is 68.4 cm³/mol. The Labute approximate surface area is 115 Å². The topological polar surface area (TPSA) is 81.4 Å². The summed E-state index contributed by atoms with van der Waals surface area (Å²) in [5.74, 6) is -0.294. The Morgan fingerprint density at radius 2 is 2.00 bits per heavy atom.